The number of carboxylic acids is 1. The summed E-state index contributed by atoms with van der Waals surface area (Å²) in [6.45, 7) is 0. The van der Waals surface area contributed by atoms with E-state index in [9.17, 15) is 4.79 Å². The minimum atomic E-state index is -0.725. The minimum Gasteiger partial charge on any atom is -0.481 e. The molecule has 0 bridgehead atoms. The largest absolute Gasteiger partial charge is 0.481 e. The zero-order valence-electron chi connectivity index (χ0n) is 6.73. The molecule has 0 amide bonds. The van der Waals surface area contributed by atoms with Gasteiger partial charge >= 0.3 is 5.97 Å². The lowest BCUT2D eigenvalue weighted by Crippen LogP contribution is -1.97. The third-order valence-electron chi connectivity index (χ3n) is 2.22. The summed E-state index contributed by atoms with van der Waals surface area (Å²) in [6.07, 6.45) is 0.723. The van der Waals surface area contributed by atoms with Gasteiger partial charge in [-0.25, -0.2) is 0 Å². The van der Waals surface area contributed by atoms with Gasteiger partial charge in [-0.2, -0.15) is 5.26 Å². The van der Waals surface area contributed by atoms with Crippen LogP contribution in [-0.2, 0) is 4.79 Å². The van der Waals surface area contributed by atoms with Gasteiger partial charge in [0.1, 0.15) is 6.07 Å². The van der Waals surface area contributed by atoms with Crippen LogP contribution in [0.3, 0.4) is 0 Å². The van der Waals surface area contributed by atoms with E-state index in [1.807, 2.05) is 6.07 Å². The molecule has 3 nitrogen and oxygen atoms in total. The van der Waals surface area contributed by atoms with E-state index < -0.39 is 5.97 Å². The topological polar surface area (TPSA) is 61.1 Å². The molecule has 13 heavy (non-hydrogen) atoms. The highest BCUT2D eigenvalue weighted by Crippen LogP contribution is 2.49. The van der Waals surface area contributed by atoms with E-state index in [1.165, 1.54) is 11.3 Å². The number of aliphatic carboxylic acids is 1. The van der Waals surface area contributed by atoms with E-state index in [0.717, 1.165) is 11.3 Å². The van der Waals surface area contributed by atoms with Gasteiger partial charge in [0, 0.05) is 16.2 Å². The van der Waals surface area contributed by atoms with Crippen LogP contribution in [-0.4, -0.2) is 11.1 Å². The normalized spacial score (nSPS) is 25.2. The Kier molecular flexibility index (Phi) is 1.82. The highest BCUT2D eigenvalue weighted by molar-refractivity contribution is 7.10. The number of thiophene rings is 1. The molecule has 0 aromatic carbocycles. The van der Waals surface area contributed by atoms with Gasteiger partial charge in [-0.1, -0.05) is 0 Å². The molecule has 1 saturated carbocycles. The second-order valence-electron chi connectivity index (χ2n) is 3.14. The predicted molar refractivity (Wildman–Crippen MR) is 47.5 cm³/mol. The molecule has 1 fully saturated rings. The van der Waals surface area contributed by atoms with Gasteiger partial charge in [0.25, 0.3) is 0 Å². The lowest BCUT2D eigenvalue weighted by Gasteiger charge is -1.89. The first-order valence-electron chi connectivity index (χ1n) is 3.93. The Hall–Kier alpha value is -1.34. The average Bonchev–Trinajstić information content (AvgIpc) is 2.78. The van der Waals surface area contributed by atoms with E-state index in [0.29, 0.717) is 5.56 Å². The molecule has 2 rings (SSSR count). The summed E-state index contributed by atoms with van der Waals surface area (Å²) in [5.41, 5.74) is 0.635. The van der Waals surface area contributed by atoms with E-state index >= 15 is 0 Å². The van der Waals surface area contributed by atoms with Crippen molar-refractivity contribution in [3.8, 4) is 6.07 Å². The van der Waals surface area contributed by atoms with Crippen molar-refractivity contribution in [2.24, 2.45) is 5.92 Å². The highest BCUT2D eigenvalue weighted by atomic mass is 32.1. The molecule has 2 atom stereocenters. The molecule has 66 valence electrons. The molecule has 2 unspecified atom stereocenters. The summed E-state index contributed by atoms with van der Waals surface area (Å²) in [4.78, 5) is 11.6. The molecule has 1 aliphatic rings. The molecule has 0 radical (unpaired) electrons. The van der Waals surface area contributed by atoms with Crippen LogP contribution >= 0.6 is 11.3 Å². The zero-order valence-corrected chi connectivity index (χ0v) is 7.54. The van der Waals surface area contributed by atoms with E-state index in [-0.39, 0.29) is 11.8 Å². The third kappa shape index (κ3) is 1.43. The molecule has 1 aliphatic carbocycles. The molecule has 1 aromatic rings. The number of hydrogen-bond acceptors (Lipinski definition) is 3. The van der Waals surface area contributed by atoms with Crippen LogP contribution in [0.4, 0.5) is 0 Å². The van der Waals surface area contributed by atoms with Crippen molar-refractivity contribution in [1.82, 2.24) is 0 Å². The zero-order chi connectivity index (χ0) is 9.42. The Labute approximate surface area is 79.2 Å². The van der Waals surface area contributed by atoms with Crippen molar-refractivity contribution in [2.75, 3.05) is 0 Å². The highest BCUT2D eigenvalue weighted by Gasteiger charge is 2.44. The first-order chi connectivity index (χ1) is 6.22. The number of nitriles is 1. The van der Waals surface area contributed by atoms with Gasteiger partial charge in [0.2, 0.25) is 0 Å². The fourth-order valence-corrected chi connectivity index (χ4v) is 2.40. The maximum atomic E-state index is 10.6. The smallest absolute Gasteiger partial charge is 0.307 e. The minimum absolute atomic E-state index is 0.157. The molecular formula is C9H7NO2S. The molecule has 0 spiro atoms. The van der Waals surface area contributed by atoms with Crippen LogP contribution in [0.25, 0.3) is 0 Å². The predicted octanol–water partition coefficient (Wildman–Crippen LogP) is 1.81. The Bertz CT molecular complexity index is 391. The number of hydrogen-bond donors (Lipinski definition) is 1. The van der Waals surface area contributed by atoms with Crippen molar-refractivity contribution in [3.63, 3.8) is 0 Å². The van der Waals surface area contributed by atoms with E-state index in [4.69, 9.17) is 10.4 Å². The summed E-state index contributed by atoms with van der Waals surface area (Å²) < 4.78 is 0. The molecule has 1 heterocycles. The Morgan fingerprint density at radius 3 is 3.00 bits per heavy atom. The second kappa shape index (κ2) is 2.86. The first kappa shape index (κ1) is 8.27. The molecule has 0 saturated heterocycles. The van der Waals surface area contributed by atoms with Crippen LogP contribution in [0, 0.1) is 17.2 Å². The van der Waals surface area contributed by atoms with Gasteiger partial charge in [-0.05, 0) is 12.5 Å². The fraction of sp³-hybridized carbons (Fsp3) is 0.333. The van der Waals surface area contributed by atoms with Gasteiger partial charge in [-0.15, -0.1) is 11.3 Å². The maximum absolute atomic E-state index is 10.6. The van der Waals surface area contributed by atoms with Crippen LogP contribution in [0.5, 0.6) is 0 Å². The summed E-state index contributed by atoms with van der Waals surface area (Å²) in [7, 11) is 0. The molecular weight excluding hydrogens is 186 g/mol. The lowest BCUT2D eigenvalue weighted by molar-refractivity contribution is -0.138. The van der Waals surface area contributed by atoms with Crippen molar-refractivity contribution in [1.29, 1.82) is 5.26 Å². The quantitative estimate of drug-likeness (QED) is 0.779. The van der Waals surface area contributed by atoms with Gasteiger partial charge in [0.05, 0.1) is 11.5 Å². The van der Waals surface area contributed by atoms with E-state index in [2.05, 4.69) is 0 Å². The third-order valence-corrected chi connectivity index (χ3v) is 3.29. The van der Waals surface area contributed by atoms with Gasteiger partial charge in [0.15, 0.2) is 0 Å². The molecule has 4 heteroatoms. The van der Waals surface area contributed by atoms with Crippen LogP contribution in [0.1, 0.15) is 22.8 Å². The summed E-state index contributed by atoms with van der Waals surface area (Å²) in [5.74, 6) is -0.785. The first-order valence-corrected chi connectivity index (χ1v) is 4.81. The number of nitrogens with zero attached hydrogens (tertiary/aromatic N) is 1. The standard InChI is InChI=1S/C9H7NO2S/c10-3-5-1-8(13-4-5)6-2-7(6)9(11)12/h1,4,6-7H,2H2,(H,11,12). The van der Waals surface area contributed by atoms with Crippen molar-refractivity contribution in [3.05, 3.63) is 21.9 Å². The summed E-state index contributed by atoms with van der Waals surface area (Å²) in [6, 6.07) is 3.83. The van der Waals surface area contributed by atoms with Crippen molar-refractivity contribution >= 4 is 17.3 Å². The number of carbonyl (C=O) groups is 1. The van der Waals surface area contributed by atoms with Crippen LogP contribution < -0.4 is 0 Å². The van der Waals surface area contributed by atoms with Crippen molar-refractivity contribution < 1.29 is 9.90 Å². The fourth-order valence-electron chi connectivity index (χ4n) is 1.39. The molecule has 1 aromatic heterocycles. The van der Waals surface area contributed by atoms with Gasteiger partial charge < -0.3 is 5.11 Å². The Balaban J connectivity index is 2.13. The van der Waals surface area contributed by atoms with Crippen LogP contribution in [0.15, 0.2) is 11.4 Å². The Morgan fingerprint density at radius 1 is 1.77 bits per heavy atom. The average molecular weight is 193 g/mol. The summed E-state index contributed by atoms with van der Waals surface area (Å²) >= 11 is 1.48. The lowest BCUT2D eigenvalue weighted by atomic mass is 10.2. The van der Waals surface area contributed by atoms with Gasteiger partial charge in [-0.3, -0.25) is 4.79 Å². The Morgan fingerprint density at radius 2 is 2.54 bits per heavy atom. The SMILES string of the molecule is N#Cc1csc(C2CC2C(=O)O)c1. The molecule has 0 aliphatic heterocycles. The second-order valence-corrected chi connectivity index (χ2v) is 4.08. The van der Waals surface area contributed by atoms with E-state index in [1.54, 1.807) is 11.4 Å². The van der Waals surface area contributed by atoms with Crippen molar-refractivity contribution in [2.45, 2.75) is 12.3 Å². The van der Waals surface area contributed by atoms with Crippen LogP contribution in [0.2, 0.25) is 0 Å². The monoisotopic (exact) mass is 193 g/mol. The summed E-state index contributed by atoms with van der Waals surface area (Å²) in [5, 5.41) is 19.0. The number of rotatable bonds is 2. The number of carboxylic acid groups (broad SMARTS) is 1. The molecule has 1 N–H and O–H groups in total. The maximum Gasteiger partial charge on any atom is 0.307 e.